The molecule has 14 rings (SSSR count). The van der Waals surface area contributed by atoms with E-state index in [4.69, 9.17) is 22.8 Å². The molecule has 0 amide bonds. The number of carbonyl (C=O) groups excluding carboxylic acids is 5. The van der Waals surface area contributed by atoms with Gasteiger partial charge in [0, 0.05) is 44.9 Å². The van der Waals surface area contributed by atoms with E-state index >= 15 is 0 Å². The van der Waals surface area contributed by atoms with Crippen LogP contribution < -0.4 is 0 Å². The average molecular weight is 1320 g/mol. The van der Waals surface area contributed by atoms with Crippen molar-refractivity contribution in [2.75, 3.05) is 0 Å². The molecule has 89 heavy (non-hydrogen) atoms. The Labute approximate surface area is 540 Å². The average Bonchev–Trinajstić information content (AvgIpc) is 1.72. The van der Waals surface area contributed by atoms with E-state index in [0.717, 1.165) is 155 Å². The summed E-state index contributed by atoms with van der Waals surface area (Å²) in [6.07, 6.45) is 46.7. The Hall–Kier alpha value is -3.73. The molecule has 0 saturated heterocycles. The van der Waals surface area contributed by atoms with Crippen LogP contribution in [0.15, 0.2) is 82.5 Å². The van der Waals surface area contributed by atoms with Crippen LogP contribution in [-0.2, 0) is 74.7 Å². The van der Waals surface area contributed by atoms with E-state index in [1.54, 1.807) is 34.9 Å². The van der Waals surface area contributed by atoms with Gasteiger partial charge >= 0.3 is 50.7 Å². The quantitative estimate of drug-likeness (QED) is 0.218. The third kappa shape index (κ3) is 17.7. The van der Waals surface area contributed by atoms with Crippen LogP contribution in [0.1, 0.15) is 267 Å². The molecule has 14 nitrogen and oxygen atoms in total. The number of Topliss-reactive ketones (excluding diaryl/α,β-unsaturated/α-hetero) is 2. The molecule has 7 fully saturated rings. The van der Waals surface area contributed by atoms with Crippen molar-refractivity contribution in [3.8, 4) is 0 Å². The zero-order chi connectivity index (χ0) is 62.2. The second-order valence-corrected chi connectivity index (χ2v) is 29.7. The molecule has 14 aliphatic carbocycles. The molecule has 7 saturated carbocycles. The summed E-state index contributed by atoms with van der Waals surface area (Å²) in [7, 11) is 0. The fraction of sp³-hybridized carbons (Fsp3) is 0.740. The Balaban J connectivity index is 0.000000200. The molecule has 0 spiro atoms. The second-order valence-electron chi connectivity index (χ2n) is 28.5. The van der Waals surface area contributed by atoms with Crippen molar-refractivity contribution in [2.45, 2.75) is 284 Å². The van der Waals surface area contributed by atoms with Gasteiger partial charge in [0.15, 0.2) is 17.3 Å². The molecule has 14 aliphatic rings. The summed E-state index contributed by atoms with van der Waals surface area (Å²) < 4.78 is 51.2. The van der Waals surface area contributed by atoms with Gasteiger partial charge in [-0.05, 0) is 279 Å². The van der Waals surface area contributed by atoms with Gasteiger partial charge in [-0.2, -0.15) is 0 Å². The second kappa shape index (κ2) is 32.9. The zero-order valence-corrected chi connectivity index (χ0v) is 54.1. The van der Waals surface area contributed by atoms with E-state index in [9.17, 15) is 39.3 Å². The number of ketones is 5. The third-order valence-corrected chi connectivity index (χ3v) is 24.2. The summed E-state index contributed by atoms with van der Waals surface area (Å²) >= 11 is -7.58. The normalized spacial score (nSPS) is 36.6. The van der Waals surface area contributed by atoms with Crippen LogP contribution in [0.4, 0.5) is 0 Å². The Morgan fingerprint density at radius 1 is 0.416 bits per heavy atom. The van der Waals surface area contributed by atoms with Crippen LogP contribution in [0, 0.1) is 58.2 Å². The Bertz CT molecular complexity index is 2930. The van der Waals surface area contributed by atoms with Crippen molar-refractivity contribution in [1.82, 2.24) is 0 Å². The molecule has 0 aliphatic heterocycles. The molecule has 16 heteroatoms. The van der Waals surface area contributed by atoms with Crippen LogP contribution in [0.3, 0.4) is 0 Å². The molecule has 6 unspecified atom stereocenters. The fourth-order valence-corrected chi connectivity index (χ4v) is 19.7. The maximum atomic E-state index is 11.7. The standard InChI is InChI=1S/C20H28O2.C20H28O.2C10H14O2.C10H14O.3CH4.2Cr.6O/c1-3-13-5-7-17-16-6-4-14-12-15(21)8-11-20(14,22)18(16)9-10-19(13,17)2;1-3-14-5-9-19-18-7-4-13-12-15(21)6-8-16(13)17(18)10-11-20(14,19)2;2*11-9-4-6-10(12)5-2-1-3-8(10)7-9;11-10-6-5-8-3-1-2-4-9(8)7-10;;;;;;;;;;;/h3,12-13,16-18,22H,1,4-11H2,2H3;3,14,17-19H,1,4-12H2,2H3;2*7,12H,1-6H2;1-7H2;3*1H4;;;;;;;;/t13-,16?,17?,18?,19+,20+;14-,17?,18?,19?,20+;2*10-;;;;;;;;;;;;/m0011............/s1. The van der Waals surface area contributed by atoms with E-state index < -0.39 is 44.7 Å². The summed E-state index contributed by atoms with van der Waals surface area (Å²) in [5.74, 6) is 7.32. The van der Waals surface area contributed by atoms with Gasteiger partial charge in [0.05, 0.1) is 16.8 Å². The van der Waals surface area contributed by atoms with E-state index in [-0.39, 0.29) is 39.6 Å². The third-order valence-electron chi connectivity index (χ3n) is 24.2. The zero-order valence-electron chi connectivity index (χ0n) is 51.5. The number of allylic oxidation sites excluding steroid dienone is 8. The van der Waals surface area contributed by atoms with Gasteiger partial charge in [-0.15, -0.1) is 13.2 Å². The van der Waals surface area contributed by atoms with E-state index in [0.29, 0.717) is 78.7 Å². The summed E-state index contributed by atoms with van der Waals surface area (Å²) in [4.78, 5) is 56.7. The Morgan fingerprint density at radius 2 is 0.854 bits per heavy atom. The first-order chi connectivity index (χ1) is 40.9. The van der Waals surface area contributed by atoms with E-state index in [1.807, 2.05) is 0 Å². The predicted octanol–water partition coefficient (Wildman–Crippen LogP) is 16.1. The van der Waals surface area contributed by atoms with Crippen molar-refractivity contribution in [2.24, 2.45) is 58.2 Å². The van der Waals surface area contributed by atoms with Gasteiger partial charge in [0.1, 0.15) is 11.6 Å². The van der Waals surface area contributed by atoms with Gasteiger partial charge < -0.3 is 15.3 Å². The van der Waals surface area contributed by atoms with Gasteiger partial charge in [-0.25, -0.2) is 0 Å². The first-order valence-electron chi connectivity index (χ1n) is 33.0. The molecule has 13 atom stereocenters. The maximum absolute atomic E-state index is 11.7. The van der Waals surface area contributed by atoms with Crippen molar-refractivity contribution in [1.29, 1.82) is 0 Å². The molecule has 0 aromatic rings. The molecule has 498 valence electrons. The first-order valence-corrected chi connectivity index (χ1v) is 36.1. The van der Waals surface area contributed by atoms with E-state index in [1.165, 1.54) is 89.0 Å². The van der Waals surface area contributed by atoms with Crippen molar-refractivity contribution in [3.05, 3.63) is 82.5 Å². The summed E-state index contributed by atoms with van der Waals surface area (Å²) in [6.45, 7) is 13.2. The van der Waals surface area contributed by atoms with Crippen LogP contribution in [0.5, 0.6) is 0 Å². The summed E-state index contributed by atoms with van der Waals surface area (Å²) in [5.41, 5.74) is 8.45. The minimum atomic E-state index is -3.79. The number of fused-ring (bicyclic) bond motifs is 11. The minimum absolute atomic E-state index is 0. The number of hydrogen-bond acceptors (Lipinski definition) is 14. The van der Waals surface area contributed by atoms with Gasteiger partial charge in [-0.3, -0.25) is 24.0 Å². The molecule has 0 heterocycles. The fourth-order valence-electron chi connectivity index (χ4n) is 19.7. The Morgan fingerprint density at radius 3 is 1.38 bits per heavy atom. The Kier molecular flexibility index (Phi) is 28.1. The van der Waals surface area contributed by atoms with Crippen molar-refractivity contribution in [3.63, 3.8) is 0 Å². The predicted molar refractivity (Wildman–Crippen MR) is 333 cm³/mol. The molecule has 0 aromatic heterocycles. The van der Waals surface area contributed by atoms with E-state index in [2.05, 4.69) is 39.2 Å². The van der Waals surface area contributed by atoms with Gasteiger partial charge in [0.25, 0.3) is 0 Å². The van der Waals surface area contributed by atoms with Gasteiger partial charge in [0.2, 0.25) is 0 Å². The molecule has 0 radical (unpaired) electrons. The van der Waals surface area contributed by atoms with Crippen LogP contribution in [0.25, 0.3) is 0 Å². The van der Waals surface area contributed by atoms with Crippen molar-refractivity contribution < 1.29 is 90.0 Å². The SMILES string of the molecule is C.C.C.C=C[C@H]1CCC2C3CCC4=C(CCC(=O)C4)C3CC[C@@]21C.C=C[C@H]1CCC2C3CCC4=CC(=O)CC[C@]4(O)C3CC[C@@]21C.O=C1C=C2CCCC[C@@]2(O)CC1.O=C1C=C2CCCC[C@@]2(O)CC1.O=C1CCC2=C(CCCC2)C1.[O]=[Cr](=[O])=[O].[O]=[Cr](=[O])=[O]. The monoisotopic (exact) mass is 1310 g/mol. The molecule has 0 bridgehead atoms. The summed E-state index contributed by atoms with van der Waals surface area (Å²) in [6, 6.07) is 0. The van der Waals surface area contributed by atoms with Crippen LogP contribution >= 0.6 is 0 Å². The molecule has 3 N–H and O–H groups in total. The van der Waals surface area contributed by atoms with Crippen molar-refractivity contribution >= 4 is 28.9 Å². The van der Waals surface area contributed by atoms with Crippen LogP contribution in [-0.4, -0.2) is 61.0 Å². The van der Waals surface area contributed by atoms with Crippen LogP contribution in [0.2, 0.25) is 0 Å². The number of hydrogen-bond donors (Lipinski definition) is 3. The number of aliphatic hydroxyl groups is 3. The molecular weight excluding hydrogens is 1200 g/mol. The number of carbonyl (C=O) groups is 5. The molecular formula is C73H110Cr2O14. The molecule has 0 aromatic carbocycles. The number of rotatable bonds is 2. The summed E-state index contributed by atoms with van der Waals surface area (Å²) in [5, 5.41) is 31.6. The van der Waals surface area contributed by atoms with Gasteiger partial charge in [-0.1, -0.05) is 70.6 Å². The first kappa shape index (κ1) is 76.0. The topological polar surface area (TPSA) is 248 Å².